The van der Waals surface area contributed by atoms with Gasteiger partial charge in [0.15, 0.2) is 0 Å². The third kappa shape index (κ3) is 5.44. The summed E-state index contributed by atoms with van der Waals surface area (Å²) in [6, 6.07) is 12.5. The first-order chi connectivity index (χ1) is 12.4. The molecule has 0 saturated heterocycles. The molecule has 0 aliphatic carbocycles. The van der Waals surface area contributed by atoms with Gasteiger partial charge in [-0.3, -0.25) is 14.4 Å². The molecule has 0 aliphatic rings. The van der Waals surface area contributed by atoms with E-state index in [0.29, 0.717) is 11.1 Å². The summed E-state index contributed by atoms with van der Waals surface area (Å²) in [5.74, 6) is -0.763. The molecular weight excluding hydrogens is 330 g/mol. The zero-order valence-corrected chi connectivity index (χ0v) is 15.2. The van der Waals surface area contributed by atoms with E-state index in [-0.39, 0.29) is 30.8 Å². The Morgan fingerprint density at radius 3 is 2.19 bits per heavy atom. The topological polar surface area (TPSA) is 87.3 Å². The molecule has 0 aliphatic heterocycles. The summed E-state index contributed by atoms with van der Waals surface area (Å²) in [6.45, 7) is 4.01. The molecular formula is C20H23N3O3. The zero-order chi connectivity index (χ0) is 19.1. The van der Waals surface area contributed by atoms with Gasteiger partial charge in [0.05, 0.1) is 6.54 Å². The SMILES string of the molecule is CNC(=O)c1cccc(CNC(=O)CNC(=O)c2cc(C)cc(C)c2)c1. The fourth-order valence-corrected chi connectivity index (χ4v) is 2.60. The molecule has 26 heavy (non-hydrogen) atoms. The fraction of sp³-hybridized carbons (Fsp3) is 0.250. The zero-order valence-electron chi connectivity index (χ0n) is 15.2. The van der Waals surface area contributed by atoms with E-state index in [1.54, 1.807) is 37.4 Å². The Bertz CT molecular complexity index is 811. The van der Waals surface area contributed by atoms with Crippen LogP contribution in [0.1, 0.15) is 37.4 Å². The average Bonchev–Trinajstić information content (AvgIpc) is 2.63. The maximum absolute atomic E-state index is 12.1. The molecule has 6 heteroatoms. The van der Waals surface area contributed by atoms with Crippen molar-refractivity contribution in [1.29, 1.82) is 0 Å². The van der Waals surface area contributed by atoms with E-state index in [4.69, 9.17) is 0 Å². The van der Waals surface area contributed by atoms with Gasteiger partial charge in [-0.05, 0) is 43.7 Å². The molecule has 0 radical (unpaired) electrons. The molecule has 2 aromatic carbocycles. The van der Waals surface area contributed by atoms with Crippen LogP contribution in [-0.4, -0.2) is 31.3 Å². The summed E-state index contributed by atoms with van der Waals surface area (Å²) in [4.78, 5) is 35.7. The quantitative estimate of drug-likeness (QED) is 0.739. The molecule has 0 unspecified atom stereocenters. The molecule has 3 amide bonds. The Hall–Kier alpha value is -3.15. The highest BCUT2D eigenvalue weighted by molar-refractivity contribution is 5.97. The number of aryl methyl sites for hydroxylation is 2. The largest absolute Gasteiger partial charge is 0.355 e. The summed E-state index contributed by atoms with van der Waals surface area (Å²) in [5.41, 5.74) is 3.86. The molecule has 136 valence electrons. The summed E-state index contributed by atoms with van der Waals surface area (Å²) in [5, 5.41) is 7.90. The van der Waals surface area contributed by atoms with Crippen LogP contribution in [-0.2, 0) is 11.3 Å². The minimum Gasteiger partial charge on any atom is -0.355 e. The molecule has 0 spiro atoms. The standard InChI is InChI=1S/C20H23N3O3/c1-13-7-14(2)9-17(8-13)20(26)23-12-18(24)22-11-15-5-4-6-16(10-15)19(25)21-3/h4-10H,11-12H2,1-3H3,(H,21,25)(H,22,24)(H,23,26). The van der Waals surface area contributed by atoms with Crippen molar-refractivity contribution in [3.8, 4) is 0 Å². The van der Waals surface area contributed by atoms with Crippen molar-refractivity contribution in [2.24, 2.45) is 0 Å². The second kappa shape index (κ2) is 8.80. The number of amides is 3. The highest BCUT2D eigenvalue weighted by Crippen LogP contribution is 2.08. The van der Waals surface area contributed by atoms with E-state index in [2.05, 4.69) is 16.0 Å². The fourth-order valence-electron chi connectivity index (χ4n) is 2.60. The van der Waals surface area contributed by atoms with Crippen LogP contribution in [0.25, 0.3) is 0 Å². The molecule has 2 aromatic rings. The molecule has 0 fully saturated rings. The molecule has 6 nitrogen and oxygen atoms in total. The van der Waals surface area contributed by atoms with Crippen LogP contribution < -0.4 is 16.0 Å². The highest BCUT2D eigenvalue weighted by atomic mass is 16.2. The Balaban J connectivity index is 1.85. The number of benzene rings is 2. The van der Waals surface area contributed by atoms with Crippen LogP contribution in [0.5, 0.6) is 0 Å². The van der Waals surface area contributed by atoms with Crippen molar-refractivity contribution in [3.63, 3.8) is 0 Å². The van der Waals surface area contributed by atoms with Gasteiger partial charge in [-0.25, -0.2) is 0 Å². The predicted molar refractivity (Wildman–Crippen MR) is 99.9 cm³/mol. The number of hydrogen-bond donors (Lipinski definition) is 3. The van der Waals surface area contributed by atoms with E-state index >= 15 is 0 Å². The third-order valence-corrected chi connectivity index (χ3v) is 3.80. The Labute approximate surface area is 153 Å². The van der Waals surface area contributed by atoms with Crippen molar-refractivity contribution >= 4 is 17.7 Å². The Kier molecular flexibility index (Phi) is 6.49. The molecule has 0 bridgehead atoms. The number of nitrogens with one attached hydrogen (secondary N) is 3. The summed E-state index contributed by atoms with van der Waals surface area (Å²) in [7, 11) is 1.56. The Morgan fingerprint density at radius 2 is 1.54 bits per heavy atom. The lowest BCUT2D eigenvalue weighted by Crippen LogP contribution is -2.36. The first kappa shape index (κ1) is 19.2. The highest BCUT2D eigenvalue weighted by Gasteiger charge is 2.09. The van der Waals surface area contributed by atoms with Crippen LogP contribution in [0.15, 0.2) is 42.5 Å². The predicted octanol–water partition coefficient (Wildman–Crippen LogP) is 1.71. The van der Waals surface area contributed by atoms with Crippen LogP contribution in [0.3, 0.4) is 0 Å². The van der Waals surface area contributed by atoms with Crippen LogP contribution in [0.2, 0.25) is 0 Å². The summed E-state index contributed by atoms with van der Waals surface area (Å²) in [6.07, 6.45) is 0. The van der Waals surface area contributed by atoms with Gasteiger partial charge in [-0.15, -0.1) is 0 Å². The number of rotatable bonds is 6. The van der Waals surface area contributed by atoms with Gasteiger partial charge in [-0.2, -0.15) is 0 Å². The van der Waals surface area contributed by atoms with Gasteiger partial charge in [-0.1, -0.05) is 29.3 Å². The third-order valence-electron chi connectivity index (χ3n) is 3.80. The number of carbonyl (C=O) groups excluding carboxylic acids is 3. The number of carbonyl (C=O) groups is 3. The summed E-state index contributed by atoms with van der Waals surface area (Å²) >= 11 is 0. The van der Waals surface area contributed by atoms with Crippen LogP contribution in [0.4, 0.5) is 0 Å². The molecule has 0 aromatic heterocycles. The lowest BCUT2D eigenvalue weighted by molar-refractivity contribution is -0.120. The maximum atomic E-state index is 12.1. The average molecular weight is 353 g/mol. The first-order valence-corrected chi connectivity index (χ1v) is 8.33. The normalized spacial score (nSPS) is 10.1. The van der Waals surface area contributed by atoms with Gasteiger partial charge in [0.1, 0.15) is 0 Å². The second-order valence-electron chi connectivity index (χ2n) is 6.12. The summed E-state index contributed by atoms with van der Waals surface area (Å²) < 4.78 is 0. The first-order valence-electron chi connectivity index (χ1n) is 8.33. The van der Waals surface area contributed by atoms with E-state index < -0.39 is 0 Å². The van der Waals surface area contributed by atoms with E-state index in [9.17, 15) is 14.4 Å². The van der Waals surface area contributed by atoms with E-state index in [0.717, 1.165) is 16.7 Å². The molecule has 0 saturated carbocycles. The van der Waals surface area contributed by atoms with Crippen molar-refractivity contribution in [2.75, 3.05) is 13.6 Å². The van der Waals surface area contributed by atoms with Gasteiger partial charge in [0.2, 0.25) is 5.91 Å². The molecule has 3 N–H and O–H groups in total. The van der Waals surface area contributed by atoms with Crippen molar-refractivity contribution in [3.05, 3.63) is 70.3 Å². The van der Waals surface area contributed by atoms with Gasteiger partial charge >= 0.3 is 0 Å². The van der Waals surface area contributed by atoms with Gasteiger partial charge < -0.3 is 16.0 Å². The minimum absolute atomic E-state index is 0.110. The lowest BCUT2D eigenvalue weighted by atomic mass is 10.1. The minimum atomic E-state index is -0.298. The molecule has 2 rings (SSSR count). The van der Waals surface area contributed by atoms with Crippen molar-refractivity contribution in [1.82, 2.24) is 16.0 Å². The van der Waals surface area contributed by atoms with Gasteiger partial charge in [0, 0.05) is 24.7 Å². The maximum Gasteiger partial charge on any atom is 0.251 e. The monoisotopic (exact) mass is 353 g/mol. The van der Waals surface area contributed by atoms with E-state index in [1.807, 2.05) is 26.0 Å². The lowest BCUT2D eigenvalue weighted by Gasteiger charge is -2.09. The number of hydrogen-bond acceptors (Lipinski definition) is 3. The Morgan fingerprint density at radius 1 is 0.846 bits per heavy atom. The van der Waals surface area contributed by atoms with Gasteiger partial charge in [0.25, 0.3) is 11.8 Å². The molecule has 0 heterocycles. The van der Waals surface area contributed by atoms with Crippen molar-refractivity contribution in [2.45, 2.75) is 20.4 Å². The van der Waals surface area contributed by atoms with E-state index in [1.165, 1.54) is 0 Å². The second-order valence-corrected chi connectivity index (χ2v) is 6.12. The molecule has 0 atom stereocenters. The smallest absolute Gasteiger partial charge is 0.251 e. The van der Waals surface area contributed by atoms with Crippen molar-refractivity contribution < 1.29 is 14.4 Å². The van der Waals surface area contributed by atoms with Crippen LogP contribution in [0, 0.1) is 13.8 Å². The van der Waals surface area contributed by atoms with Crippen LogP contribution >= 0.6 is 0 Å².